The Hall–Kier alpha value is -2.34. The summed E-state index contributed by atoms with van der Waals surface area (Å²) in [6.07, 6.45) is 1.48. The van der Waals surface area contributed by atoms with Crippen LogP contribution in [0.25, 0.3) is 0 Å². The third kappa shape index (κ3) is 4.93. The average molecular weight is 400 g/mol. The highest BCUT2D eigenvalue weighted by atomic mass is 32.2. The lowest BCUT2D eigenvalue weighted by Crippen LogP contribution is -2.45. The molecule has 3 N–H and O–H groups in total. The molecule has 0 aliphatic carbocycles. The van der Waals surface area contributed by atoms with Gasteiger partial charge in [0, 0.05) is 16.9 Å². The van der Waals surface area contributed by atoms with Crippen LogP contribution in [0.2, 0.25) is 0 Å². The largest absolute Gasteiger partial charge is 0.379 e. The molecule has 0 spiro atoms. The van der Waals surface area contributed by atoms with Crippen LogP contribution in [0, 0.1) is 5.82 Å². The molecule has 0 fully saturated rings. The van der Waals surface area contributed by atoms with Crippen LogP contribution in [0.1, 0.15) is 48.7 Å². The van der Waals surface area contributed by atoms with Crippen molar-refractivity contribution in [2.45, 2.75) is 44.7 Å². The Balaban J connectivity index is 1.75. The molecule has 1 heterocycles. The third-order valence-electron chi connectivity index (χ3n) is 4.95. The van der Waals surface area contributed by atoms with E-state index >= 15 is 0 Å². The Morgan fingerprint density at radius 1 is 1.29 bits per heavy atom. The topological polar surface area (TPSA) is 67.5 Å². The molecule has 1 aliphatic rings. The van der Waals surface area contributed by atoms with Crippen LogP contribution in [0.5, 0.6) is 0 Å². The van der Waals surface area contributed by atoms with Gasteiger partial charge in [-0.3, -0.25) is 9.79 Å². The minimum Gasteiger partial charge on any atom is -0.379 e. The number of carbonyl (C=O) groups is 1. The molecule has 4 nitrogen and oxygen atoms in total. The summed E-state index contributed by atoms with van der Waals surface area (Å²) in [6, 6.07) is 13.9. The number of amidine groups is 1. The highest BCUT2D eigenvalue weighted by Gasteiger charge is 2.30. The quantitative estimate of drug-likeness (QED) is 0.790. The van der Waals surface area contributed by atoms with E-state index in [9.17, 15) is 9.18 Å². The summed E-state index contributed by atoms with van der Waals surface area (Å²) >= 11 is 1.56. The molecule has 6 heteroatoms. The van der Waals surface area contributed by atoms with E-state index in [1.807, 2.05) is 32.0 Å². The van der Waals surface area contributed by atoms with Gasteiger partial charge < -0.3 is 11.1 Å². The van der Waals surface area contributed by atoms with Crippen LogP contribution in [-0.2, 0) is 12.0 Å². The molecule has 1 amide bonds. The molecular weight excluding hydrogens is 373 g/mol. The third-order valence-corrected chi connectivity index (χ3v) is 5.75. The van der Waals surface area contributed by atoms with Crippen molar-refractivity contribution in [2.75, 3.05) is 5.75 Å². The van der Waals surface area contributed by atoms with Crippen molar-refractivity contribution in [1.29, 1.82) is 0 Å². The monoisotopic (exact) mass is 399 g/mol. The van der Waals surface area contributed by atoms with Gasteiger partial charge in [0.1, 0.15) is 5.82 Å². The summed E-state index contributed by atoms with van der Waals surface area (Å²) in [5, 5.41) is 3.68. The van der Waals surface area contributed by atoms with Crippen LogP contribution in [-0.4, -0.2) is 22.4 Å². The van der Waals surface area contributed by atoms with Gasteiger partial charge in [0.25, 0.3) is 5.91 Å². The van der Waals surface area contributed by atoms with E-state index in [1.54, 1.807) is 30.0 Å². The maximum atomic E-state index is 13.1. The number of hydrogen-bond donors (Lipinski definition) is 2. The minimum absolute atomic E-state index is 0.139. The predicted octanol–water partition coefficient (Wildman–Crippen LogP) is 4.24. The van der Waals surface area contributed by atoms with Crippen molar-refractivity contribution < 1.29 is 9.18 Å². The number of benzene rings is 2. The highest BCUT2D eigenvalue weighted by molar-refractivity contribution is 8.13. The zero-order valence-corrected chi connectivity index (χ0v) is 17.3. The first-order valence-electron chi connectivity index (χ1n) is 9.33. The number of rotatable bonds is 5. The number of aliphatic imine (C=N–C) groups is 1. The number of carbonyl (C=O) groups excluding carboxylic acids is 1. The number of thioether (sulfide) groups is 1. The first-order valence-corrected chi connectivity index (χ1v) is 10.3. The maximum Gasteiger partial charge on any atom is 0.251 e. The smallest absolute Gasteiger partial charge is 0.251 e. The van der Waals surface area contributed by atoms with Crippen LogP contribution in [0.15, 0.2) is 53.5 Å². The van der Waals surface area contributed by atoms with Crippen molar-refractivity contribution in [3.8, 4) is 0 Å². The van der Waals surface area contributed by atoms with E-state index in [4.69, 9.17) is 5.73 Å². The second-order valence-electron chi connectivity index (χ2n) is 8.04. The summed E-state index contributed by atoms with van der Waals surface area (Å²) in [5.41, 5.74) is 7.59. The standard InChI is InChI=1S/C22H26FN3OS/c1-21(2,14-15-7-9-18(23)10-8-15)25-19(27)16-5-4-6-17(13-16)22(3)11-12-28-20(24)26-22/h4-10,13H,11-12,14H2,1-3H3,(H2,24,26)(H,25,27). The fraction of sp³-hybridized carbons (Fsp3) is 0.364. The van der Waals surface area contributed by atoms with Gasteiger partial charge in [0.2, 0.25) is 0 Å². The molecule has 1 aliphatic heterocycles. The van der Waals surface area contributed by atoms with Gasteiger partial charge >= 0.3 is 0 Å². The summed E-state index contributed by atoms with van der Waals surface area (Å²) in [6.45, 7) is 5.97. The van der Waals surface area contributed by atoms with Crippen molar-refractivity contribution in [2.24, 2.45) is 10.7 Å². The zero-order valence-electron chi connectivity index (χ0n) is 16.5. The van der Waals surface area contributed by atoms with Gasteiger partial charge in [0.05, 0.1) is 5.54 Å². The number of nitrogens with one attached hydrogen (secondary N) is 1. The lowest BCUT2D eigenvalue weighted by molar-refractivity contribution is 0.0913. The summed E-state index contributed by atoms with van der Waals surface area (Å²) in [7, 11) is 0. The molecule has 0 saturated carbocycles. The van der Waals surface area contributed by atoms with Crippen molar-refractivity contribution in [3.63, 3.8) is 0 Å². The van der Waals surface area contributed by atoms with Crippen LogP contribution in [0.4, 0.5) is 4.39 Å². The Morgan fingerprint density at radius 2 is 2.00 bits per heavy atom. The van der Waals surface area contributed by atoms with Gasteiger partial charge in [-0.05, 0) is 69.0 Å². The molecule has 1 atom stereocenters. The summed E-state index contributed by atoms with van der Waals surface area (Å²) < 4.78 is 13.1. The van der Waals surface area contributed by atoms with E-state index in [-0.39, 0.29) is 11.7 Å². The first-order chi connectivity index (χ1) is 13.2. The lowest BCUT2D eigenvalue weighted by atomic mass is 9.88. The van der Waals surface area contributed by atoms with E-state index in [0.29, 0.717) is 17.2 Å². The van der Waals surface area contributed by atoms with Crippen molar-refractivity contribution >= 4 is 22.8 Å². The molecule has 2 aromatic carbocycles. The molecule has 148 valence electrons. The Labute approximate surface area is 169 Å². The summed E-state index contributed by atoms with van der Waals surface area (Å²) in [5.74, 6) is 0.507. The van der Waals surface area contributed by atoms with Crippen molar-refractivity contribution in [3.05, 3.63) is 71.0 Å². The van der Waals surface area contributed by atoms with Crippen LogP contribution >= 0.6 is 11.8 Å². The number of halogens is 1. The van der Waals surface area contributed by atoms with Gasteiger partial charge in [0.15, 0.2) is 5.17 Å². The van der Waals surface area contributed by atoms with Crippen molar-refractivity contribution in [1.82, 2.24) is 5.32 Å². The second kappa shape index (κ2) is 7.95. The average Bonchev–Trinajstić information content (AvgIpc) is 2.63. The molecule has 0 bridgehead atoms. The molecule has 3 rings (SSSR count). The summed E-state index contributed by atoms with van der Waals surface area (Å²) in [4.78, 5) is 17.5. The molecular formula is C22H26FN3OS. The Bertz CT molecular complexity index is 895. The van der Waals surface area contributed by atoms with E-state index < -0.39 is 11.1 Å². The van der Waals surface area contributed by atoms with Gasteiger partial charge in [-0.15, -0.1) is 0 Å². The number of hydrogen-bond acceptors (Lipinski definition) is 4. The lowest BCUT2D eigenvalue weighted by Gasteiger charge is -2.30. The highest BCUT2D eigenvalue weighted by Crippen LogP contribution is 2.35. The number of nitrogens with two attached hydrogens (primary N) is 1. The Morgan fingerprint density at radius 3 is 2.68 bits per heavy atom. The molecule has 0 aromatic heterocycles. The maximum absolute atomic E-state index is 13.1. The number of nitrogens with zero attached hydrogens (tertiary/aromatic N) is 1. The molecule has 28 heavy (non-hydrogen) atoms. The Kier molecular flexibility index (Phi) is 5.79. The SMILES string of the molecule is CC(C)(Cc1ccc(F)cc1)NC(=O)c1cccc(C2(C)CCSC(N)=N2)c1. The molecule has 1 unspecified atom stereocenters. The molecule has 0 radical (unpaired) electrons. The van der Waals surface area contributed by atoms with Gasteiger partial charge in [-0.25, -0.2) is 4.39 Å². The van der Waals surface area contributed by atoms with Crippen LogP contribution in [0.3, 0.4) is 0 Å². The fourth-order valence-corrected chi connectivity index (χ4v) is 4.40. The van der Waals surface area contributed by atoms with E-state index in [1.165, 1.54) is 12.1 Å². The molecule has 0 saturated heterocycles. The van der Waals surface area contributed by atoms with E-state index in [0.717, 1.165) is 23.3 Å². The molecule has 2 aromatic rings. The van der Waals surface area contributed by atoms with Gasteiger partial charge in [-0.1, -0.05) is 36.0 Å². The predicted molar refractivity (Wildman–Crippen MR) is 114 cm³/mol. The normalized spacial score (nSPS) is 19.8. The number of amides is 1. The van der Waals surface area contributed by atoms with Gasteiger partial charge in [-0.2, -0.15) is 0 Å². The zero-order chi connectivity index (χ0) is 20.4. The second-order valence-corrected chi connectivity index (χ2v) is 9.16. The van der Waals surface area contributed by atoms with Crippen LogP contribution < -0.4 is 11.1 Å². The minimum atomic E-state index is -0.473. The van der Waals surface area contributed by atoms with E-state index in [2.05, 4.69) is 17.2 Å². The fourth-order valence-electron chi connectivity index (χ4n) is 3.43. The first kappa shape index (κ1) is 20.4.